The lowest BCUT2D eigenvalue weighted by Gasteiger charge is -1.89. The molecule has 2 rings (SSSR count). The molecule has 0 aliphatic rings. The van der Waals surface area contributed by atoms with E-state index in [0.29, 0.717) is 0 Å². The first-order valence-corrected chi connectivity index (χ1v) is 5.95. The average molecular weight is 252 g/mol. The largest absolute Gasteiger partial charge is 0.299 e. The summed E-state index contributed by atoms with van der Waals surface area (Å²) in [6, 6.07) is 17.2. The van der Waals surface area contributed by atoms with Crippen LogP contribution in [0.2, 0.25) is 0 Å². The first-order valence-electron chi connectivity index (χ1n) is 5.95. The lowest BCUT2D eigenvalue weighted by Crippen LogP contribution is -1.77. The van der Waals surface area contributed by atoms with Crippen LogP contribution in [0.4, 0.5) is 0 Å². The molecule has 0 aromatic heterocycles. The minimum absolute atomic E-state index is 0.737. The Bertz CT molecular complexity index is 525. The number of carbonyl (C=O) groups is 2. The summed E-state index contributed by atoms with van der Waals surface area (Å²) < 4.78 is 0. The molecule has 0 bridgehead atoms. The van der Waals surface area contributed by atoms with E-state index >= 15 is 0 Å². The molecule has 2 heteroatoms. The number of aryl methyl sites for hydroxylation is 1. The number of aldehydes is 2. The second kappa shape index (κ2) is 8.59. The summed E-state index contributed by atoms with van der Waals surface area (Å²) in [7, 11) is 0. The van der Waals surface area contributed by atoms with Crippen LogP contribution in [0.15, 0.2) is 60.7 Å². The topological polar surface area (TPSA) is 34.1 Å². The highest BCUT2D eigenvalue weighted by molar-refractivity contribution is 5.74. The summed E-state index contributed by atoms with van der Waals surface area (Å²) in [6.45, 7) is 1.99. The van der Waals surface area contributed by atoms with E-state index in [2.05, 4.69) is 0 Å². The van der Waals surface area contributed by atoms with Crippen molar-refractivity contribution in [1.82, 2.24) is 0 Å². The summed E-state index contributed by atoms with van der Waals surface area (Å²) in [5.41, 5.74) is 2.97. The molecule has 0 fully saturated rings. The van der Waals surface area contributed by atoms with Gasteiger partial charge in [0.2, 0.25) is 0 Å². The number of allylic oxidation sites excluding steroid dienone is 1. The van der Waals surface area contributed by atoms with Crippen molar-refractivity contribution in [3.8, 4) is 0 Å². The van der Waals surface area contributed by atoms with Gasteiger partial charge >= 0.3 is 0 Å². The molecule has 19 heavy (non-hydrogen) atoms. The molecule has 0 atom stereocenters. The predicted molar refractivity (Wildman–Crippen MR) is 78.1 cm³/mol. The Labute approximate surface area is 113 Å². The third-order valence-electron chi connectivity index (χ3n) is 2.38. The Hall–Kier alpha value is -2.48. The second-order valence-corrected chi connectivity index (χ2v) is 3.93. The van der Waals surface area contributed by atoms with E-state index in [4.69, 9.17) is 0 Å². The van der Waals surface area contributed by atoms with E-state index in [1.54, 1.807) is 6.08 Å². The summed E-state index contributed by atoms with van der Waals surface area (Å²) in [6.07, 6.45) is 4.87. The summed E-state index contributed by atoms with van der Waals surface area (Å²) >= 11 is 0. The highest BCUT2D eigenvalue weighted by atomic mass is 16.1. The highest BCUT2D eigenvalue weighted by Gasteiger charge is 1.85. The number of benzene rings is 2. The van der Waals surface area contributed by atoms with Crippen LogP contribution in [0.1, 0.15) is 21.5 Å². The van der Waals surface area contributed by atoms with Crippen LogP contribution in [0.3, 0.4) is 0 Å². The number of hydrogen-bond donors (Lipinski definition) is 0. The molecule has 96 valence electrons. The molecule has 0 saturated carbocycles. The molecule has 2 aromatic carbocycles. The lowest BCUT2D eigenvalue weighted by molar-refractivity contribution is -0.104. The molecule has 0 amide bonds. The molecule has 0 aliphatic carbocycles. The monoisotopic (exact) mass is 252 g/mol. The zero-order valence-electron chi connectivity index (χ0n) is 10.8. The third kappa shape index (κ3) is 6.13. The van der Waals surface area contributed by atoms with Crippen LogP contribution in [0.5, 0.6) is 0 Å². The number of hydrogen-bond acceptors (Lipinski definition) is 2. The summed E-state index contributed by atoms with van der Waals surface area (Å²) in [5.74, 6) is 0. The molecular weight excluding hydrogens is 236 g/mol. The van der Waals surface area contributed by atoms with Gasteiger partial charge in [-0.2, -0.15) is 0 Å². The average Bonchev–Trinajstić information content (AvgIpc) is 2.48. The van der Waals surface area contributed by atoms with Crippen molar-refractivity contribution in [2.45, 2.75) is 6.92 Å². The SMILES string of the molecule is Cc1ccc(C=O)cc1.O=C/C=C/c1ccccc1. The van der Waals surface area contributed by atoms with Gasteiger partial charge in [-0.3, -0.25) is 9.59 Å². The van der Waals surface area contributed by atoms with Gasteiger partial charge in [-0.05, 0) is 18.6 Å². The molecule has 0 aliphatic heterocycles. The van der Waals surface area contributed by atoms with Gasteiger partial charge in [-0.1, -0.05) is 66.2 Å². The molecule has 0 heterocycles. The van der Waals surface area contributed by atoms with Crippen LogP contribution < -0.4 is 0 Å². The minimum Gasteiger partial charge on any atom is -0.299 e. The van der Waals surface area contributed by atoms with Crippen molar-refractivity contribution in [2.24, 2.45) is 0 Å². The quantitative estimate of drug-likeness (QED) is 0.616. The highest BCUT2D eigenvalue weighted by Crippen LogP contribution is 1.99. The summed E-state index contributed by atoms with van der Waals surface area (Å²) in [4.78, 5) is 20.0. The third-order valence-corrected chi connectivity index (χ3v) is 2.38. The van der Waals surface area contributed by atoms with Crippen molar-refractivity contribution in [3.63, 3.8) is 0 Å². The van der Waals surface area contributed by atoms with Crippen molar-refractivity contribution in [2.75, 3.05) is 0 Å². The smallest absolute Gasteiger partial charge is 0.150 e. The molecule has 0 unspecified atom stereocenters. The van der Waals surface area contributed by atoms with Gasteiger partial charge in [0.1, 0.15) is 12.6 Å². The van der Waals surface area contributed by atoms with E-state index in [1.165, 1.54) is 11.6 Å². The van der Waals surface area contributed by atoms with Crippen molar-refractivity contribution < 1.29 is 9.59 Å². The van der Waals surface area contributed by atoms with Gasteiger partial charge in [0, 0.05) is 5.56 Å². The van der Waals surface area contributed by atoms with E-state index < -0.39 is 0 Å². The van der Waals surface area contributed by atoms with Crippen molar-refractivity contribution >= 4 is 18.6 Å². The molecule has 0 saturated heterocycles. The second-order valence-electron chi connectivity index (χ2n) is 3.93. The first kappa shape index (κ1) is 14.6. The van der Waals surface area contributed by atoms with Gasteiger partial charge in [0.05, 0.1) is 0 Å². The van der Waals surface area contributed by atoms with Gasteiger partial charge in [-0.15, -0.1) is 0 Å². The number of carbonyl (C=O) groups excluding carboxylic acids is 2. The Balaban J connectivity index is 0.000000191. The fraction of sp³-hybridized carbons (Fsp3) is 0.0588. The zero-order chi connectivity index (χ0) is 13.9. The fourth-order valence-corrected chi connectivity index (χ4v) is 1.36. The molecular formula is C17H16O2. The first-order chi connectivity index (χ1) is 9.26. The van der Waals surface area contributed by atoms with Crippen LogP contribution >= 0.6 is 0 Å². The minimum atomic E-state index is 0.737. The standard InChI is InChI=1S/C9H8O.C8H8O/c10-8-4-7-9-5-2-1-3-6-9;1-7-2-4-8(6-9)5-3-7/h1-8H;2-6H,1H3/b7-4+;. The van der Waals surface area contributed by atoms with Gasteiger partial charge in [0.25, 0.3) is 0 Å². The van der Waals surface area contributed by atoms with E-state index in [9.17, 15) is 9.59 Å². The molecule has 0 spiro atoms. The summed E-state index contributed by atoms with van der Waals surface area (Å²) in [5, 5.41) is 0. The Kier molecular flexibility index (Phi) is 6.59. The maximum absolute atomic E-state index is 10.1. The lowest BCUT2D eigenvalue weighted by atomic mass is 10.2. The fourth-order valence-electron chi connectivity index (χ4n) is 1.36. The maximum atomic E-state index is 10.1. The van der Waals surface area contributed by atoms with Crippen LogP contribution in [0, 0.1) is 6.92 Å². The normalized spacial score (nSPS) is 9.53. The number of rotatable bonds is 3. The molecule has 2 nitrogen and oxygen atoms in total. The van der Waals surface area contributed by atoms with Gasteiger partial charge < -0.3 is 0 Å². The van der Waals surface area contributed by atoms with Gasteiger partial charge in [-0.25, -0.2) is 0 Å². The van der Waals surface area contributed by atoms with E-state index in [0.717, 1.165) is 23.7 Å². The predicted octanol–water partition coefficient (Wildman–Crippen LogP) is 3.71. The molecule has 2 aromatic rings. The molecule has 0 N–H and O–H groups in total. The maximum Gasteiger partial charge on any atom is 0.150 e. The van der Waals surface area contributed by atoms with E-state index in [1.807, 2.05) is 61.5 Å². The zero-order valence-corrected chi connectivity index (χ0v) is 10.8. The van der Waals surface area contributed by atoms with Crippen LogP contribution in [-0.4, -0.2) is 12.6 Å². The van der Waals surface area contributed by atoms with Crippen LogP contribution in [0.25, 0.3) is 6.08 Å². The van der Waals surface area contributed by atoms with Crippen LogP contribution in [-0.2, 0) is 4.79 Å². The van der Waals surface area contributed by atoms with Crippen molar-refractivity contribution in [3.05, 3.63) is 77.4 Å². The van der Waals surface area contributed by atoms with Gasteiger partial charge in [0.15, 0.2) is 0 Å². The Morgan fingerprint density at radius 1 is 0.789 bits per heavy atom. The van der Waals surface area contributed by atoms with Crippen molar-refractivity contribution in [1.29, 1.82) is 0 Å². The Morgan fingerprint density at radius 3 is 1.95 bits per heavy atom. The van der Waals surface area contributed by atoms with E-state index in [-0.39, 0.29) is 0 Å². The molecule has 0 radical (unpaired) electrons. The Morgan fingerprint density at radius 2 is 1.42 bits per heavy atom.